The standard InChI is InChI=1S/C20H24N4O/c21-19(23-25-16-8-11-17-9-3-1-4-10-17)18-12-7-13-22-20(18)24-14-5-2-6-15-24/h1,3-4,7-13H,2,5-6,14-16H2,(H2,21,23)/b11-8+. The first-order valence-electron chi connectivity index (χ1n) is 8.72. The van der Waals surface area contributed by atoms with E-state index in [1.807, 2.05) is 54.6 Å². The van der Waals surface area contributed by atoms with E-state index in [0.717, 1.165) is 30.0 Å². The molecule has 0 saturated carbocycles. The molecule has 0 aliphatic carbocycles. The molecule has 2 N–H and O–H groups in total. The van der Waals surface area contributed by atoms with Crippen molar-refractivity contribution in [3.05, 3.63) is 65.9 Å². The summed E-state index contributed by atoms with van der Waals surface area (Å²) in [6.45, 7) is 2.39. The number of rotatable bonds is 6. The Labute approximate surface area is 148 Å². The Morgan fingerprint density at radius 2 is 1.92 bits per heavy atom. The van der Waals surface area contributed by atoms with Gasteiger partial charge >= 0.3 is 0 Å². The van der Waals surface area contributed by atoms with E-state index >= 15 is 0 Å². The highest BCUT2D eigenvalue weighted by molar-refractivity contribution is 6.01. The second kappa shape index (κ2) is 8.87. The Balaban J connectivity index is 1.61. The molecule has 0 atom stereocenters. The number of oxime groups is 1. The fourth-order valence-corrected chi connectivity index (χ4v) is 2.90. The van der Waals surface area contributed by atoms with Crippen molar-refractivity contribution in [2.45, 2.75) is 19.3 Å². The van der Waals surface area contributed by atoms with E-state index in [-0.39, 0.29) is 0 Å². The third-order valence-corrected chi connectivity index (χ3v) is 4.16. The zero-order valence-electron chi connectivity index (χ0n) is 14.3. The molecule has 1 saturated heterocycles. The Bertz CT molecular complexity index is 721. The predicted molar refractivity (Wildman–Crippen MR) is 102 cm³/mol. The molecule has 25 heavy (non-hydrogen) atoms. The normalized spacial score (nSPS) is 15.5. The summed E-state index contributed by atoms with van der Waals surface area (Å²) in [5.74, 6) is 1.26. The monoisotopic (exact) mass is 336 g/mol. The number of anilines is 1. The van der Waals surface area contributed by atoms with Crippen molar-refractivity contribution in [2.24, 2.45) is 10.9 Å². The fourth-order valence-electron chi connectivity index (χ4n) is 2.90. The smallest absolute Gasteiger partial charge is 0.174 e. The van der Waals surface area contributed by atoms with Gasteiger partial charge in [0.2, 0.25) is 0 Å². The lowest BCUT2D eigenvalue weighted by Gasteiger charge is -2.29. The number of benzene rings is 1. The number of hydrogen-bond acceptors (Lipinski definition) is 4. The van der Waals surface area contributed by atoms with Gasteiger partial charge in [-0.2, -0.15) is 0 Å². The van der Waals surface area contributed by atoms with E-state index in [1.54, 1.807) is 6.20 Å². The van der Waals surface area contributed by atoms with Gasteiger partial charge in [0.15, 0.2) is 5.84 Å². The van der Waals surface area contributed by atoms with Crippen molar-refractivity contribution in [3.63, 3.8) is 0 Å². The average molecular weight is 336 g/mol. The van der Waals surface area contributed by atoms with Gasteiger partial charge in [-0.05, 0) is 43.0 Å². The second-order valence-corrected chi connectivity index (χ2v) is 6.01. The van der Waals surface area contributed by atoms with Crippen molar-refractivity contribution < 1.29 is 4.84 Å². The molecule has 1 aromatic heterocycles. The molecule has 1 aliphatic rings. The van der Waals surface area contributed by atoms with Crippen LogP contribution in [-0.4, -0.2) is 30.5 Å². The van der Waals surface area contributed by atoms with Gasteiger partial charge in [0.1, 0.15) is 12.4 Å². The van der Waals surface area contributed by atoms with Gasteiger partial charge in [0, 0.05) is 19.3 Å². The highest BCUT2D eigenvalue weighted by Gasteiger charge is 2.17. The molecule has 3 rings (SSSR count). The third-order valence-electron chi connectivity index (χ3n) is 4.16. The Hall–Kier alpha value is -2.82. The lowest BCUT2D eigenvalue weighted by molar-refractivity contribution is 0.175. The maximum absolute atomic E-state index is 6.13. The molecule has 1 aromatic carbocycles. The summed E-state index contributed by atoms with van der Waals surface area (Å²) < 4.78 is 0. The van der Waals surface area contributed by atoms with Crippen LogP contribution in [-0.2, 0) is 4.84 Å². The Morgan fingerprint density at radius 3 is 2.72 bits per heavy atom. The molecule has 2 heterocycles. The first kappa shape index (κ1) is 17.0. The molecule has 130 valence electrons. The van der Waals surface area contributed by atoms with E-state index in [4.69, 9.17) is 10.6 Å². The van der Waals surface area contributed by atoms with E-state index in [0.29, 0.717) is 12.4 Å². The van der Waals surface area contributed by atoms with Gasteiger partial charge in [-0.3, -0.25) is 0 Å². The second-order valence-electron chi connectivity index (χ2n) is 6.01. The highest BCUT2D eigenvalue weighted by Crippen LogP contribution is 2.21. The molecule has 1 fully saturated rings. The van der Waals surface area contributed by atoms with Crippen LogP contribution in [0.25, 0.3) is 6.08 Å². The quantitative estimate of drug-likeness (QED) is 0.380. The van der Waals surface area contributed by atoms with Crippen LogP contribution in [0.1, 0.15) is 30.4 Å². The minimum Gasteiger partial charge on any atom is -0.390 e. The van der Waals surface area contributed by atoms with E-state index in [1.165, 1.54) is 19.3 Å². The number of nitrogens with zero attached hydrogens (tertiary/aromatic N) is 3. The Morgan fingerprint density at radius 1 is 1.12 bits per heavy atom. The van der Waals surface area contributed by atoms with Crippen LogP contribution in [0, 0.1) is 0 Å². The van der Waals surface area contributed by atoms with Crippen molar-refractivity contribution in [3.8, 4) is 0 Å². The number of nitrogens with two attached hydrogens (primary N) is 1. The number of amidine groups is 1. The van der Waals surface area contributed by atoms with Gasteiger partial charge in [-0.25, -0.2) is 4.98 Å². The SMILES string of the molecule is N/C(=N\OC/C=C/c1ccccc1)c1cccnc1N1CCCCC1. The van der Waals surface area contributed by atoms with Crippen molar-refractivity contribution in [1.29, 1.82) is 0 Å². The van der Waals surface area contributed by atoms with Gasteiger partial charge in [-0.15, -0.1) is 0 Å². The molecule has 0 bridgehead atoms. The zero-order chi connectivity index (χ0) is 17.3. The lowest BCUT2D eigenvalue weighted by atomic mass is 10.1. The number of hydrogen-bond donors (Lipinski definition) is 1. The van der Waals surface area contributed by atoms with Crippen molar-refractivity contribution in [1.82, 2.24) is 4.98 Å². The molecule has 0 amide bonds. The molecule has 2 aromatic rings. The molecule has 0 unspecified atom stereocenters. The fraction of sp³-hybridized carbons (Fsp3) is 0.300. The molecule has 5 nitrogen and oxygen atoms in total. The van der Waals surface area contributed by atoms with Crippen LogP contribution in [0.2, 0.25) is 0 Å². The van der Waals surface area contributed by atoms with Crippen LogP contribution in [0.3, 0.4) is 0 Å². The van der Waals surface area contributed by atoms with Crippen LogP contribution < -0.4 is 10.6 Å². The Kier molecular flexibility index (Phi) is 6.04. The van der Waals surface area contributed by atoms with E-state index in [2.05, 4.69) is 15.0 Å². The molecular weight excluding hydrogens is 312 g/mol. The average Bonchev–Trinajstić information content (AvgIpc) is 2.69. The predicted octanol–water partition coefficient (Wildman–Crippen LogP) is 3.42. The molecule has 5 heteroatoms. The summed E-state index contributed by atoms with van der Waals surface area (Å²) >= 11 is 0. The van der Waals surface area contributed by atoms with Crippen LogP contribution >= 0.6 is 0 Å². The van der Waals surface area contributed by atoms with E-state index < -0.39 is 0 Å². The molecule has 0 radical (unpaired) electrons. The summed E-state index contributed by atoms with van der Waals surface area (Å²) in [5, 5.41) is 4.06. The van der Waals surface area contributed by atoms with Crippen molar-refractivity contribution in [2.75, 3.05) is 24.6 Å². The molecule has 0 spiro atoms. The first-order valence-corrected chi connectivity index (χ1v) is 8.72. The maximum atomic E-state index is 6.13. The third kappa shape index (κ3) is 4.83. The summed E-state index contributed by atoms with van der Waals surface area (Å²) in [7, 11) is 0. The van der Waals surface area contributed by atoms with Gasteiger partial charge in [-0.1, -0.05) is 41.6 Å². The number of aromatic nitrogens is 1. The molecule has 1 aliphatic heterocycles. The van der Waals surface area contributed by atoms with Crippen molar-refractivity contribution >= 4 is 17.7 Å². The molecular formula is C20H24N4O. The number of piperidine rings is 1. The largest absolute Gasteiger partial charge is 0.390 e. The van der Waals surface area contributed by atoms with E-state index in [9.17, 15) is 0 Å². The van der Waals surface area contributed by atoms with Gasteiger partial charge in [0.25, 0.3) is 0 Å². The summed E-state index contributed by atoms with van der Waals surface area (Å²) in [5.41, 5.74) is 8.09. The van der Waals surface area contributed by atoms with Gasteiger partial charge in [0.05, 0.1) is 5.56 Å². The summed E-state index contributed by atoms with van der Waals surface area (Å²) in [6, 6.07) is 13.9. The first-order chi connectivity index (χ1) is 12.3. The van der Waals surface area contributed by atoms with Crippen LogP contribution in [0.15, 0.2) is 59.9 Å². The number of pyridine rings is 1. The summed E-state index contributed by atoms with van der Waals surface area (Å²) in [4.78, 5) is 12.1. The van der Waals surface area contributed by atoms with Crippen LogP contribution in [0.5, 0.6) is 0 Å². The minimum atomic E-state index is 0.363. The highest BCUT2D eigenvalue weighted by atomic mass is 16.6. The van der Waals surface area contributed by atoms with Crippen LogP contribution in [0.4, 0.5) is 5.82 Å². The summed E-state index contributed by atoms with van der Waals surface area (Å²) in [6.07, 6.45) is 9.36. The minimum absolute atomic E-state index is 0.363. The van der Waals surface area contributed by atoms with Gasteiger partial charge < -0.3 is 15.5 Å². The maximum Gasteiger partial charge on any atom is 0.174 e. The topological polar surface area (TPSA) is 63.7 Å². The lowest BCUT2D eigenvalue weighted by Crippen LogP contribution is -2.32. The zero-order valence-corrected chi connectivity index (χ0v) is 14.3.